The number of benzene rings is 1. The van der Waals surface area contributed by atoms with Gasteiger partial charge in [-0.15, -0.1) is 0 Å². The molecule has 0 heterocycles. The van der Waals surface area contributed by atoms with E-state index in [9.17, 15) is 8.78 Å². The molecule has 0 fully saturated rings. The zero-order valence-electron chi connectivity index (χ0n) is 7.64. The molecule has 84 valence electrons. The van der Waals surface area contributed by atoms with E-state index in [1.54, 1.807) is 0 Å². The highest BCUT2D eigenvalue weighted by molar-refractivity contribution is 6.37. The number of rotatable bonds is 4. The van der Waals surface area contributed by atoms with Crippen molar-refractivity contribution < 1.29 is 13.5 Å². The highest BCUT2D eigenvalue weighted by atomic mass is 35.5. The first-order chi connectivity index (χ1) is 7.04. The van der Waals surface area contributed by atoms with Crippen LogP contribution >= 0.6 is 23.2 Å². The van der Waals surface area contributed by atoms with Crippen molar-refractivity contribution in [2.75, 3.05) is 6.61 Å². The summed E-state index contributed by atoms with van der Waals surface area (Å²) < 4.78 is 28.6. The molecule has 0 unspecified atom stereocenters. The fraction of sp³-hybridized carbons (Fsp3) is 0.333. The highest BCUT2D eigenvalue weighted by Crippen LogP contribution is 2.34. The number of nitrogens with two attached hydrogens (primary N) is 1. The number of alkyl halides is 2. The first-order valence-electron chi connectivity index (χ1n) is 4.13. The van der Waals surface area contributed by atoms with Crippen molar-refractivity contribution in [3.05, 3.63) is 27.7 Å². The number of ether oxygens (including phenoxy) is 1. The fourth-order valence-electron chi connectivity index (χ4n) is 1.01. The smallest absolute Gasteiger partial charge is 0.272 e. The van der Waals surface area contributed by atoms with Crippen LogP contribution in [0.5, 0.6) is 5.75 Å². The molecule has 2 nitrogen and oxygen atoms in total. The largest absolute Gasteiger partial charge is 0.485 e. The summed E-state index contributed by atoms with van der Waals surface area (Å²) in [6.45, 7) is -0.462. The summed E-state index contributed by atoms with van der Waals surface area (Å²) >= 11 is 11.6. The zero-order chi connectivity index (χ0) is 11.4. The Kier molecular flexibility index (Phi) is 4.57. The standard InChI is InChI=1S/C9H9Cl2F2NO/c10-6-1-5(3-14)2-7(11)9(6)15-4-8(12)13/h1-2,8H,3-4,14H2. The summed E-state index contributed by atoms with van der Waals surface area (Å²) in [6.07, 6.45) is -2.56. The van der Waals surface area contributed by atoms with Gasteiger partial charge in [0.15, 0.2) is 5.75 Å². The lowest BCUT2D eigenvalue weighted by Gasteiger charge is -2.10. The van der Waals surface area contributed by atoms with Gasteiger partial charge in [-0.1, -0.05) is 23.2 Å². The molecule has 1 rings (SSSR count). The predicted molar refractivity (Wildman–Crippen MR) is 55.9 cm³/mol. The number of halogens is 4. The molecule has 2 N–H and O–H groups in total. The van der Waals surface area contributed by atoms with Gasteiger partial charge in [-0.3, -0.25) is 0 Å². The molecule has 0 aliphatic heterocycles. The lowest BCUT2D eigenvalue weighted by atomic mass is 10.2. The molecule has 0 radical (unpaired) electrons. The third kappa shape index (κ3) is 3.48. The molecule has 0 saturated heterocycles. The Labute approximate surface area is 95.9 Å². The fourth-order valence-corrected chi connectivity index (χ4v) is 1.66. The normalized spacial score (nSPS) is 10.8. The Morgan fingerprint density at radius 3 is 2.20 bits per heavy atom. The van der Waals surface area contributed by atoms with Crippen LogP contribution in [0.25, 0.3) is 0 Å². The second-order valence-corrected chi connectivity index (χ2v) is 3.61. The van der Waals surface area contributed by atoms with E-state index in [-0.39, 0.29) is 22.3 Å². The molecule has 0 aromatic heterocycles. The minimum atomic E-state index is -2.56. The van der Waals surface area contributed by atoms with Gasteiger partial charge in [0.05, 0.1) is 10.0 Å². The van der Waals surface area contributed by atoms with Crippen molar-refractivity contribution >= 4 is 23.2 Å². The SMILES string of the molecule is NCc1cc(Cl)c(OCC(F)F)c(Cl)c1. The maximum Gasteiger partial charge on any atom is 0.272 e. The Hall–Kier alpha value is -0.580. The van der Waals surface area contributed by atoms with Crippen LogP contribution in [0.3, 0.4) is 0 Å². The van der Waals surface area contributed by atoms with Gasteiger partial charge in [0, 0.05) is 6.54 Å². The van der Waals surface area contributed by atoms with Gasteiger partial charge < -0.3 is 10.5 Å². The lowest BCUT2D eigenvalue weighted by Crippen LogP contribution is -2.08. The van der Waals surface area contributed by atoms with Crippen molar-refractivity contribution in [2.45, 2.75) is 13.0 Å². The van der Waals surface area contributed by atoms with E-state index >= 15 is 0 Å². The Bertz CT molecular complexity index is 324. The van der Waals surface area contributed by atoms with Gasteiger partial charge in [-0.2, -0.15) is 0 Å². The Morgan fingerprint density at radius 2 is 1.80 bits per heavy atom. The quantitative estimate of drug-likeness (QED) is 0.898. The van der Waals surface area contributed by atoms with E-state index in [2.05, 4.69) is 0 Å². The maximum absolute atomic E-state index is 11.9. The predicted octanol–water partition coefficient (Wildman–Crippen LogP) is 3.10. The molecule has 0 spiro atoms. The molecular formula is C9H9Cl2F2NO. The monoisotopic (exact) mass is 255 g/mol. The average Bonchev–Trinajstić information content (AvgIpc) is 2.15. The van der Waals surface area contributed by atoms with E-state index in [0.29, 0.717) is 0 Å². The first kappa shape index (κ1) is 12.5. The molecule has 15 heavy (non-hydrogen) atoms. The summed E-state index contributed by atoms with van der Waals surface area (Å²) in [6, 6.07) is 3.07. The van der Waals surface area contributed by atoms with Crippen LogP contribution in [0, 0.1) is 0 Å². The molecule has 0 amide bonds. The molecule has 6 heteroatoms. The summed E-state index contributed by atoms with van der Waals surface area (Å²) in [7, 11) is 0. The Morgan fingerprint density at radius 1 is 1.27 bits per heavy atom. The van der Waals surface area contributed by atoms with Gasteiger partial charge >= 0.3 is 0 Å². The molecule has 0 aliphatic carbocycles. The third-order valence-corrected chi connectivity index (χ3v) is 2.21. The minimum absolute atomic E-state index is 0.0656. The Balaban J connectivity index is 2.88. The molecule has 0 bridgehead atoms. The van der Waals surface area contributed by atoms with Crippen molar-refractivity contribution in [1.29, 1.82) is 0 Å². The van der Waals surface area contributed by atoms with E-state index < -0.39 is 13.0 Å². The second-order valence-electron chi connectivity index (χ2n) is 2.79. The maximum atomic E-state index is 11.9. The third-order valence-electron chi connectivity index (χ3n) is 1.65. The number of hydrogen-bond acceptors (Lipinski definition) is 2. The summed E-state index contributed by atoms with van der Waals surface area (Å²) in [5.41, 5.74) is 6.10. The van der Waals surface area contributed by atoms with Crippen molar-refractivity contribution in [3.63, 3.8) is 0 Å². The molecular weight excluding hydrogens is 247 g/mol. The van der Waals surface area contributed by atoms with Crippen LogP contribution in [-0.2, 0) is 6.54 Å². The van der Waals surface area contributed by atoms with Gasteiger partial charge in [0.25, 0.3) is 6.43 Å². The molecule has 0 atom stereocenters. The first-order valence-corrected chi connectivity index (χ1v) is 4.89. The summed E-state index contributed by atoms with van der Waals surface area (Å²) in [5, 5.41) is 0.368. The van der Waals surface area contributed by atoms with Gasteiger partial charge in [0.1, 0.15) is 6.61 Å². The van der Waals surface area contributed by atoms with Crippen LogP contribution in [-0.4, -0.2) is 13.0 Å². The van der Waals surface area contributed by atoms with E-state index in [1.807, 2.05) is 0 Å². The van der Waals surface area contributed by atoms with Gasteiger partial charge in [0.2, 0.25) is 0 Å². The zero-order valence-corrected chi connectivity index (χ0v) is 9.16. The molecule has 1 aromatic carbocycles. The van der Waals surface area contributed by atoms with Crippen LogP contribution in [0.2, 0.25) is 10.0 Å². The van der Waals surface area contributed by atoms with Crippen LogP contribution in [0.4, 0.5) is 8.78 Å². The van der Waals surface area contributed by atoms with E-state index in [1.165, 1.54) is 12.1 Å². The topological polar surface area (TPSA) is 35.2 Å². The van der Waals surface area contributed by atoms with Crippen LogP contribution < -0.4 is 10.5 Å². The van der Waals surface area contributed by atoms with E-state index in [4.69, 9.17) is 33.7 Å². The van der Waals surface area contributed by atoms with Crippen molar-refractivity contribution in [2.24, 2.45) is 5.73 Å². The molecule has 0 saturated carbocycles. The van der Waals surface area contributed by atoms with Gasteiger partial charge in [-0.25, -0.2) is 8.78 Å². The van der Waals surface area contributed by atoms with Crippen molar-refractivity contribution in [3.8, 4) is 5.75 Å². The number of hydrogen-bond donors (Lipinski definition) is 1. The minimum Gasteiger partial charge on any atom is -0.485 e. The second kappa shape index (κ2) is 5.49. The summed E-state index contributed by atoms with van der Waals surface area (Å²) in [5.74, 6) is 0.0656. The van der Waals surface area contributed by atoms with Crippen LogP contribution in [0.1, 0.15) is 5.56 Å². The summed E-state index contributed by atoms with van der Waals surface area (Å²) in [4.78, 5) is 0. The molecule has 0 aliphatic rings. The lowest BCUT2D eigenvalue weighted by molar-refractivity contribution is 0.0820. The van der Waals surface area contributed by atoms with E-state index in [0.717, 1.165) is 5.56 Å². The highest BCUT2D eigenvalue weighted by Gasteiger charge is 2.11. The van der Waals surface area contributed by atoms with Crippen LogP contribution in [0.15, 0.2) is 12.1 Å². The average molecular weight is 256 g/mol. The van der Waals surface area contributed by atoms with Crippen molar-refractivity contribution in [1.82, 2.24) is 0 Å². The van der Waals surface area contributed by atoms with Gasteiger partial charge in [-0.05, 0) is 17.7 Å². The molecule has 1 aromatic rings.